The van der Waals surface area contributed by atoms with Crippen molar-refractivity contribution in [3.05, 3.63) is 156 Å². The summed E-state index contributed by atoms with van der Waals surface area (Å²) < 4.78 is 10.8. The topological polar surface area (TPSA) is 44.2 Å². The first-order valence-corrected chi connectivity index (χ1v) is 21.6. The molecule has 5 rings (SSSR count). The van der Waals surface area contributed by atoms with Crippen molar-refractivity contribution in [3.8, 4) is 11.5 Å². The van der Waals surface area contributed by atoms with Gasteiger partial charge in [-0.1, -0.05) is 193 Å². The number of benzene rings is 3. The lowest BCUT2D eigenvalue weighted by Gasteiger charge is -2.19. The molecule has 3 aromatic carbocycles. The lowest BCUT2D eigenvalue weighted by Crippen LogP contribution is -2.10. The Morgan fingerprint density at radius 1 is 0.387 bits per heavy atom. The number of aromatic nitrogens is 2. The van der Waals surface area contributed by atoms with E-state index in [0.29, 0.717) is 16.2 Å². The normalized spacial score (nSPS) is 10.9. The van der Waals surface area contributed by atoms with Crippen molar-refractivity contribution < 1.29 is 9.47 Å². The Labute approximate surface area is 384 Å². The molecule has 0 atom stereocenters. The van der Waals surface area contributed by atoms with Gasteiger partial charge in [0.1, 0.15) is 11.5 Å². The summed E-state index contributed by atoms with van der Waals surface area (Å²) in [5.41, 5.74) is 7.97. The van der Waals surface area contributed by atoms with Gasteiger partial charge in [-0.25, -0.2) is 0 Å². The maximum Gasteiger partial charge on any atom is 0.119 e. The molecule has 0 amide bonds. The number of rotatable bonds is 7. The molecule has 0 N–H and O–H groups in total. The first kappa shape index (κ1) is 61.9. The van der Waals surface area contributed by atoms with Crippen molar-refractivity contribution in [2.24, 2.45) is 16.2 Å². The SMILES string of the molecule is C.C.C.CC(C)(C)Cc1ccccc1.CC(C)(C)Cc1ccccn1.CC(C)(C)Cc1ccccn1.CCOc1ccc(C(C)(C)C)cc1.CCOc1cccc(C(C)(C)C)c1. The molecule has 2 aromatic heterocycles. The summed E-state index contributed by atoms with van der Waals surface area (Å²) in [4.78, 5) is 8.53. The number of hydrogen-bond acceptors (Lipinski definition) is 4. The highest BCUT2D eigenvalue weighted by molar-refractivity contribution is 5.33. The number of hydrogen-bond donors (Lipinski definition) is 0. The Morgan fingerprint density at radius 3 is 1.15 bits per heavy atom. The average molecular weight is 851 g/mol. The Morgan fingerprint density at radius 2 is 0.790 bits per heavy atom. The van der Waals surface area contributed by atoms with Crippen LogP contribution in [0.1, 0.15) is 168 Å². The van der Waals surface area contributed by atoms with E-state index in [0.717, 1.165) is 44.0 Å². The molecule has 0 aliphatic carbocycles. The molecule has 4 nitrogen and oxygen atoms in total. The van der Waals surface area contributed by atoms with Gasteiger partial charge >= 0.3 is 0 Å². The van der Waals surface area contributed by atoms with Crippen LogP contribution in [0.5, 0.6) is 11.5 Å². The molecule has 2 heterocycles. The molecule has 0 aliphatic rings. The molecule has 62 heavy (non-hydrogen) atoms. The highest BCUT2D eigenvalue weighted by Crippen LogP contribution is 2.26. The molecule has 0 aliphatic heterocycles. The molecule has 0 spiro atoms. The highest BCUT2D eigenvalue weighted by atomic mass is 16.5. The van der Waals surface area contributed by atoms with Crippen LogP contribution in [0.4, 0.5) is 0 Å². The summed E-state index contributed by atoms with van der Waals surface area (Å²) in [5, 5.41) is 0. The fraction of sp³-hybridized carbons (Fsp3) is 0.517. The lowest BCUT2D eigenvalue weighted by atomic mass is 9.87. The van der Waals surface area contributed by atoms with Gasteiger partial charge in [-0.3, -0.25) is 9.97 Å². The van der Waals surface area contributed by atoms with Crippen LogP contribution in [0.3, 0.4) is 0 Å². The van der Waals surface area contributed by atoms with Crippen LogP contribution < -0.4 is 9.47 Å². The van der Waals surface area contributed by atoms with Gasteiger partial charge in [-0.05, 0) is 125 Å². The van der Waals surface area contributed by atoms with E-state index in [1.54, 1.807) is 0 Å². The van der Waals surface area contributed by atoms with Crippen molar-refractivity contribution >= 4 is 0 Å². The quantitative estimate of drug-likeness (QED) is 0.164. The van der Waals surface area contributed by atoms with Gasteiger partial charge < -0.3 is 9.47 Å². The van der Waals surface area contributed by atoms with Crippen LogP contribution >= 0.6 is 0 Å². The van der Waals surface area contributed by atoms with Gasteiger partial charge in [-0.2, -0.15) is 0 Å². The van der Waals surface area contributed by atoms with Crippen molar-refractivity contribution in [2.75, 3.05) is 13.2 Å². The molecule has 0 bridgehead atoms. The second kappa shape index (κ2) is 29.8. The Bertz CT molecular complexity index is 1660. The summed E-state index contributed by atoms with van der Waals surface area (Å²) >= 11 is 0. The van der Waals surface area contributed by atoms with E-state index in [1.807, 2.05) is 74.8 Å². The van der Waals surface area contributed by atoms with Gasteiger partial charge in [0.15, 0.2) is 0 Å². The van der Waals surface area contributed by atoms with Crippen LogP contribution in [0.2, 0.25) is 0 Å². The Kier molecular flexibility index (Phi) is 29.7. The van der Waals surface area contributed by atoms with Crippen molar-refractivity contribution in [1.29, 1.82) is 0 Å². The Hall–Kier alpha value is -4.44. The first-order valence-electron chi connectivity index (χ1n) is 21.6. The predicted molar refractivity (Wildman–Crippen MR) is 277 cm³/mol. The number of nitrogens with zero attached hydrogens (tertiary/aromatic N) is 2. The van der Waals surface area contributed by atoms with E-state index in [2.05, 4.69) is 181 Å². The molecule has 348 valence electrons. The smallest absolute Gasteiger partial charge is 0.119 e. The van der Waals surface area contributed by atoms with Gasteiger partial charge in [-0.15, -0.1) is 0 Å². The summed E-state index contributed by atoms with van der Waals surface area (Å²) in [6.45, 7) is 38.8. The van der Waals surface area contributed by atoms with Crippen molar-refractivity contribution in [2.45, 2.75) is 170 Å². The van der Waals surface area contributed by atoms with E-state index >= 15 is 0 Å². The standard InChI is InChI=1S/2C12H18O.C11H16.2C10H15N.3CH4/c1-5-13-11-8-6-10(7-9-11)12(2,3)4;1-5-13-11-8-6-7-10(9-11)12(2,3)4;1-11(2,3)9-10-7-5-4-6-8-10;2*1-10(2,3)8-9-6-4-5-7-11-9;;;/h2*6-9H,5H2,1-4H3;4-8H,9H2,1-3H3;2*4-7H,8H2,1-3H3;3*1H4. The minimum atomic E-state index is 0. The Balaban J connectivity index is -0.000000695. The summed E-state index contributed by atoms with van der Waals surface area (Å²) in [6.07, 6.45) is 6.96. The predicted octanol–water partition coefficient (Wildman–Crippen LogP) is 17.3. The van der Waals surface area contributed by atoms with Crippen LogP contribution in [-0.2, 0) is 30.1 Å². The second-order valence-corrected chi connectivity index (χ2v) is 20.8. The molecular formula is C58H94N2O2. The van der Waals surface area contributed by atoms with Crippen LogP contribution in [0.15, 0.2) is 128 Å². The van der Waals surface area contributed by atoms with Crippen LogP contribution in [0, 0.1) is 16.2 Å². The van der Waals surface area contributed by atoms with Gasteiger partial charge in [0.2, 0.25) is 0 Å². The van der Waals surface area contributed by atoms with Crippen LogP contribution in [0.25, 0.3) is 0 Å². The van der Waals surface area contributed by atoms with Gasteiger partial charge in [0, 0.05) is 23.8 Å². The fourth-order valence-corrected chi connectivity index (χ4v) is 5.74. The molecule has 0 fully saturated rings. The molecular weight excluding hydrogens is 757 g/mol. The molecule has 0 unspecified atom stereocenters. The van der Waals surface area contributed by atoms with Crippen molar-refractivity contribution in [1.82, 2.24) is 9.97 Å². The summed E-state index contributed by atoms with van der Waals surface area (Å²) in [5.74, 6) is 1.92. The first-order chi connectivity index (χ1) is 27.3. The van der Waals surface area contributed by atoms with E-state index < -0.39 is 0 Å². The number of pyridine rings is 2. The zero-order chi connectivity index (χ0) is 44.8. The zero-order valence-corrected chi connectivity index (χ0v) is 40.4. The van der Waals surface area contributed by atoms with E-state index in [4.69, 9.17) is 9.47 Å². The fourth-order valence-electron chi connectivity index (χ4n) is 5.74. The summed E-state index contributed by atoms with van der Waals surface area (Å²) in [6, 6.07) is 39.4. The minimum absolute atomic E-state index is 0. The summed E-state index contributed by atoms with van der Waals surface area (Å²) in [7, 11) is 0. The molecule has 0 saturated carbocycles. The average Bonchev–Trinajstić information content (AvgIpc) is 3.12. The largest absolute Gasteiger partial charge is 0.494 e. The van der Waals surface area contributed by atoms with E-state index in [9.17, 15) is 0 Å². The minimum Gasteiger partial charge on any atom is -0.494 e. The second-order valence-electron chi connectivity index (χ2n) is 20.8. The lowest BCUT2D eigenvalue weighted by molar-refractivity contribution is 0.339. The monoisotopic (exact) mass is 851 g/mol. The highest BCUT2D eigenvalue weighted by Gasteiger charge is 2.15. The van der Waals surface area contributed by atoms with Crippen LogP contribution in [-0.4, -0.2) is 23.2 Å². The third-order valence-electron chi connectivity index (χ3n) is 8.49. The number of ether oxygens (including phenoxy) is 2. The molecule has 5 aromatic rings. The van der Waals surface area contributed by atoms with E-state index in [1.165, 1.54) is 28.1 Å². The molecule has 4 heteroatoms. The van der Waals surface area contributed by atoms with Gasteiger partial charge in [0.05, 0.1) is 13.2 Å². The molecule has 0 radical (unpaired) electrons. The third kappa shape index (κ3) is 31.4. The van der Waals surface area contributed by atoms with E-state index in [-0.39, 0.29) is 33.1 Å². The third-order valence-corrected chi connectivity index (χ3v) is 8.49. The maximum atomic E-state index is 5.44. The zero-order valence-electron chi connectivity index (χ0n) is 40.4. The maximum absolute atomic E-state index is 5.44. The van der Waals surface area contributed by atoms with Crippen molar-refractivity contribution in [3.63, 3.8) is 0 Å². The van der Waals surface area contributed by atoms with Gasteiger partial charge in [0.25, 0.3) is 0 Å². The molecule has 0 saturated heterocycles.